The number of hydrogen-bond acceptors (Lipinski definition) is 9. The topological polar surface area (TPSA) is 149 Å². The Morgan fingerprint density at radius 2 is 2.21 bits per heavy atom. The number of rotatable bonds is 8. The van der Waals surface area contributed by atoms with Crippen LogP contribution in [-0.2, 0) is 16.1 Å². The molecule has 0 unspecified atom stereocenters. The Hall–Kier alpha value is -3.03. The zero-order valence-corrected chi connectivity index (χ0v) is 16.7. The van der Waals surface area contributed by atoms with Crippen LogP contribution in [0.2, 0.25) is 0 Å². The number of carbonyl (C=O) groups is 1. The lowest BCUT2D eigenvalue weighted by Gasteiger charge is -2.12. The van der Waals surface area contributed by atoms with Gasteiger partial charge in [0.2, 0.25) is 5.91 Å². The first kappa shape index (κ1) is 20.7. The number of H-pyrrole nitrogens is 1. The lowest BCUT2D eigenvalue weighted by atomic mass is 10.3. The molecule has 29 heavy (non-hydrogen) atoms. The quantitative estimate of drug-likeness (QED) is 0.305. The summed E-state index contributed by atoms with van der Waals surface area (Å²) in [4.78, 5) is 52.6. The summed E-state index contributed by atoms with van der Waals surface area (Å²) in [7, 11) is 1.47. The summed E-state index contributed by atoms with van der Waals surface area (Å²) >= 11 is 2.46. The number of thiazole rings is 1. The van der Waals surface area contributed by atoms with Gasteiger partial charge in [-0.3, -0.25) is 29.3 Å². The van der Waals surface area contributed by atoms with Crippen molar-refractivity contribution in [2.24, 2.45) is 0 Å². The van der Waals surface area contributed by atoms with Gasteiger partial charge in [-0.25, -0.2) is 9.78 Å². The number of fused-ring (bicyclic) bond motifs is 1. The number of nitrogens with zero attached hydrogens (tertiary/aromatic N) is 3. The van der Waals surface area contributed by atoms with E-state index < -0.39 is 22.1 Å². The van der Waals surface area contributed by atoms with E-state index in [0.29, 0.717) is 9.86 Å². The number of aromatic amines is 1. The predicted octanol–water partition coefficient (Wildman–Crippen LogP) is 1.43. The Kier molecular flexibility index (Phi) is 6.41. The molecule has 0 spiro atoms. The van der Waals surface area contributed by atoms with Gasteiger partial charge in [-0.2, -0.15) is 0 Å². The molecule has 0 radical (unpaired) electrons. The number of nitro benzene ring substituents is 1. The molecule has 0 saturated carbocycles. The monoisotopic (exact) mass is 437 g/mol. The number of methoxy groups -OCH3 is 1. The Morgan fingerprint density at radius 1 is 1.41 bits per heavy atom. The summed E-state index contributed by atoms with van der Waals surface area (Å²) in [6.45, 7) is 0.382. The van der Waals surface area contributed by atoms with Crippen LogP contribution in [0.3, 0.4) is 0 Å². The van der Waals surface area contributed by atoms with Crippen molar-refractivity contribution in [1.29, 1.82) is 0 Å². The van der Waals surface area contributed by atoms with Crippen molar-refractivity contribution in [2.45, 2.75) is 10.9 Å². The summed E-state index contributed by atoms with van der Waals surface area (Å²) in [5, 5.41) is 13.4. The van der Waals surface area contributed by atoms with E-state index in [1.807, 2.05) is 0 Å². The number of nitrogens with one attached hydrogen (secondary N) is 2. The van der Waals surface area contributed by atoms with Crippen molar-refractivity contribution in [3.8, 4) is 0 Å². The minimum atomic E-state index is -0.648. The number of hydrogen-bond donors (Lipinski definition) is 2. The number of thioether (sulfide) groups is 1. The largest absolute Gasteiger partial charge is 0.383 e. The van der Waals surface area contributed by atoms with Gasteiger partial charge >= 0.3 is 5.69 Å². The van der Waals surface area contributed by atoms with E-state index in [1.165, 1.54) is 35.1 Å². The van der Waals surface area contributed by atoms with E-state index in [1.54, 1.807) is 6.07 Å². The minimum absolute atomic E-state index is 0.0207. The van der Waals surface area contributed by atoms with Crippen LogP contribution in [0.4, 0.5) is 11.5 Å². The Morgan fingerprint density at radius 3 is 2.93 bits per heavy atom. The summed E-state index contributed by atoms with van der Waals surface area (Å²) in [6.07, 6.45) is 0. The second kappa shape index (κ2) is 8.98. The molecule has 3 rings (SSSR count). The molecule has 0 aliphatic carbocycles. The smallest absolute Gasteiger partial charge is 0.329 e. The van der Waals surface area contributed by atoms with Gasteiger partial charge in [0.25, 0.3) is 11.2 Å². The van der Waals surface area contributed by atoms with Crippen molar-refractivity contribution < 1.29 is 14.5 Å². The molecule has 0 atom stereocenters. The van der Waals surface area contributed by atoms with Crippen LogP contribution in [0.15, 0.2) is 38.2 Å². The van der Waals surface area contributed by atoms with Gasteiger partial charge in [0.15, 0.2) is 4.34 Å². The number of nitro groups is 1. The fourth-order valence-corrected chi connectivity index (χ4v) is 4.25. The fourth-order valence-electron chi connectivity index (χ4n) is 2.40. The molecule has 13 heteroatoms. The van der Waals surface area contributed by atoms with E-state index >= 15 is 0 Å². The average Bonchev–Trinajstić information content (AvgIpc) is 3.07. The summed E-state index contributed by atoms with van der Waals surface area (Å²) in [5.41, 5.74) is -0.847. The molecule has 11 nitrogen and oxygen atoms in total. The van der Waals surface area contributed by atoms with Crippen LogP contribution in [0.1, 0.15) is 0 Å². The van der Waals surface area contributed by atoms with Crippen LogP contribution in [-0.4, -0.2) is 44.8 Å². The number of carbonyl (C=O) groups excluding carboxylic acids is 1. The van der Waals surface area contributed by atoms with Gasteiger partial charge in [0.05, 0.1) is 34.0 Å². The lowest BCUT2D eigenvalue weighted by molar-refractivity contribution is -0.384. The number of non-ortho nitro benzene ring substituents is 1. The van der Waals surface area contributed by atoms with Crippen LogP contribution in [0.5, 0.6) is 0 Å². The number of amides is 1. The van der Waals surface area contributed by atoms with Crippen molar-refractivity contribution in [2.75, 3.05) is 24.8 Å². The maximum atomic E-state index is 12.3. The molecule has 1 aromatic carbocycles. The highest BCUT2D eigenvalue weighted by Crippen LogP contribution is 2.31. The normalized spacial score (nSPS) is 10.9. The third-order valence-corrected chi connectivity index (χ3v) is 5.89. The highest BCUT2D eigenvalue weighted by Gasteiger charge is 2.13. The van der Waals surface area contributed by atoms with Crippen molar-refractivity contribution in [1.82, 2.24) is 14.5 Å². The molecule has 0 aliphatic rings. The van der Waals surface area contributed by atoms with E-state index in [2.05, 4.69) is 15.3 Å². The third-order valence-electron chi connectivity index (χ3n) is 3.71. The molecule has 0 bridgehead atoms. The zero-order valence-electron chi connectivity index (χ0n) is 15.0. The van der Waals surface area contributed by atoms with Gasteiger partial charge < -0.3 is 10.1 Å². The summed E-state index contributed by atoms with van der Waals surface area (Å²) < 4.78 is 7.46. The Balaban J connectivity index is 1.70. The predicted molar refractivity (Wildman–Crippen MR) is 109 cm³/mol. The van der Waals surface area contributed by atoms with E-state index in [0.717, 1.165) is 22.5 Å². The highest BCUT2D eigenvalue weighted by atomic mass is 32.2. The Bertz CT molecular complexity index is 1180. The van der Waals surface area contributed by atoms with Crippen LogP contribution < -0.4 is 16.6 Å². The molecule has 3 aromatic rings. The first-order chi connectivity index (χ1) is 13.9. The van der Waals surface area contributed by atoms with Crippen LogP contribution in [0, 0.1) is 10.1 Å². The fraction of sp³-hybridized carbons (Fsp3) is 0.250. The molecule has 0 saturated heterocycles. The molecule has 2 aromatic heterocycles. The first-order valence-electron chi connectivity index (χ1n) is 8.18. The maximum absolute atomic E-state index is 12.3. The minimum Gasteiger partial charge on any atom is -0.383 e. The second-order valence-electron chi connectivity index (χ2n) is 5.69. The van der Waals surface area contributed by atoms with Crippen molar-refractivity contribution >= 4 is 50.7 Å². The maximum Gasteiger partial charge on any atom is 0.329 e. The highest BCUT2D eigenvalue weighted by molar-refractivity contribution is 8.01. The third kappa shape index (κ3) is 5.07. The second-order valence-corrected chi connectivity index (χ2v) is 7.95. The first-order valence-corrected chi connectivity index (χ1v) is 9.98. The zero-order chi connectivity index (χ0) is 21.0. The molecule has 2 N–H and O–H groups in total. The summed E-state index contributed by atoms with van der Waals surface area (Å²) in [6, 6.07) is 5.50. The van der Waals surface area contributed by atoms with E-state index in [9.17, 15) is 24.5 Å². The number of benzene rings is 1. The van der Waals surface area contributed by atoms with Crippen molar-refractivity contribution in [3.05, 3.63) is 55.2 Å². The number of anilines is 1. The van der Waals surface area contributed by atoms with E-state index in [-0.39, 0.29) is 30.4 Å². The van der Waals surface area contributed by atoms with E-state index in [4.69, 9.17) is 4.74 Å². The average molecular weight is 437 g/mol. The molecule has 1 amide bonds. The standard InChI is InChI=1S/C16H15N5O6S2/c1-27-5-4-20-12(7-13(22)19-15(20)24)18-14(23)8-28-16-17-10-6-9(21(25)26)2-3-11(10)29-16/h2-3,6-7H,4-5,8H2,1H3,(H,18,23)(H,19,22,24). The van der Waals surface area contributed by atoms with Crippen LogP contribution >= 0.6 is 23.1 Å². The van der Waals surface area contributed by atoms with Gasteiger partial charge in [0, 0.05) is 25.3 Å². The SMILES string of the molecule is COCCn1c(NC(=O)CSc2nc3cc([N+](=O)[O-])ccc3s2)cc(=O)[nH]c1=O. The van der Waals surface area contributed by atoms with Gasteiger partial charge in [0.1, 0.15) is 5.82 Å². The molecule has 0 aliphatic heterocycles. The van der Waals surface area contributed by atoms with Crippen molar-refractivity contribution in [3.63, 3.8) is 0 Å². The number of aromatic nitrogens is 3. The molecule has 2 heterocycles. The van der Waals surface area contributed by atoms with Gasteiger partial charge in [-0.1, -0.05) is 11.8 Å². The van der Waals surface area contributed by atoms with Gasteiger partial charge in [-0.05, 0) is 6.07 Å². The molecule has 0 fully saturated rings. The Labute approximate surface area is 170 Å². The number of ether oxygens (including phenoxy) is 1. The molecular formula is C16H15N5O6S2. The summed E-state index contributed by atoms with van der Waals surface area (Å²) in [5.74, 6) is -0.384. The molecular weight excluding hydrogens is 422 g/mol. The lowest BCUT2D eigenvalue weighted by Crippen LogP contribution is -2.34. The molecule has 152 valence electrons. The van der Waals surface area contributed by atoms with Gasteiger partial charge in [-0.15, -0.1) is 11.3 Å². The van der Waals surface area contributed by atoms with Crippen LogP contribution in [0.25, 0.3) is 10.2 Å².